The van der Waals surface area contributed by atoms with E-state index in [9.17, 15) is 4.79 Å². The maximum atomic E-state index is 13.1. The lowest BCUT2D eigenvalue weighted by Gasteiger charge is -2.36. The van der Waals surface area contributed by atoms with Gasteiger partial charge in [-0.1, -0.05) is 24.6 Å². The van der Waals surface area contributed by atoms with Gasteiger partial charge >= 0.3 is 0 Å². The monoisotopic (exact) mass is 413 g/mol. The Morgan fingerprint density at radius 1 is 0.774 bits per heavy atom. The Labute approximate surface area is 185 Å². The topological polar surface area (TPSA) is 28.5 Å². The van der Waals surface area contributed by atoms with Crippen molar-refractivity contribution in [2.75, 3.05) is 31.1 Å². The van der Waals surface area contributed by atoms with Gasteiger partial charge in [0.25, 0.3) is 5.91 Å². The quantitative estimate of drug-likeness (QED) is 0.564. The van der Waals surface area contributed by atoms with Crippen molar-refractivity contribution < 1.29 is 4.79 Å². The maximum Gasteiger partial charge on any atom is 0.253 e. The number of rotatable bonds is 3. The van der Waals surface area contributed by atoms with Gasteiger partial charge in [-0.05, 0) is 80.6 Å². The number of fused-ring (bicyclic) bond motifs is 1. The molecule has 1 fully saturated rings. The van der Waals surface area contributed by atoms with Gasteiger partial charge in [0.05, 0.1) is 0 Å². The van der Waals surface area contributed by atoms with Crippen molar-refractivity contribution in [1.29, 1.82) is 0 Å². The summed E-state index contributed by atoms with van der Waals surface area (Å²) in [5, 5.41) is 0. The minimum absolute atomic E-state index is 0.141. The molecule has 1 aromatic heterocycles. The first-order valence-electron chi connectivity index (χ1n) is 11.6. The van der Waals surface area contributed by atoms with E-state index in [1.807, 2.05) is 23.1 Å². The predicted molar refractivity (Wildman–Crippen MR) is 126 cm³/mol. The summed E-state index contributed by atoms with van der Waals surface area (Å²) in [5.74, 6) is 0.141. The van der Waals surface area contributed by atoms with Crippen LogP contribution in [-0.2, 0) is 12.8 Å². The Balaban J connectivity index is 1.29. The molecule has 0 saturated carbocycles. The summed E-state index contributed by atoms with van der Waals surface area (Å²) in [6.07, 6.45) is 6.21. The summed E-state index contributed by atoms with van der Waals surface area (Å²) in [7, 11) is 0. The summed E-state index contributed by atoms with van der Waals surface area (Å²) < 4.78 is 2.40. The minimum atomic E-state index is 0.141. The van der Waals surface area contributed by atoms with Gasteiger partial charge in [-0.2, -0.15) is 0 Å². The Morgan fingerprint density at radius 2 is 1.48 bits per heavy atom. The van der Waals surface area contributed by atoms with Gasteiger partial charge in [0, 0.05) is 54.5 Å². The Kier molecular flexibility index (Phi) is 5.54. The SMILES string of the molecule is Cc1cc2c(n1-c1ccc(C(=O)N3CCN(c4ccccc4)CC3)cc1)CCCCC2. The van der Waals surface area contributed by atoms with E-state index in [2.05, 4.69) is 58.9 Å². The number of hydrogen-bond acceptors (Lipinski definition) is 2. The second-order valence-corrected chi connectivity index (χ2v) is 8.82. The van der Waals surface area contributed by atoms with E-state index in [0.29, 0.717) is 0 Å². The van der Waals surface area contributed by atoms with Crippen LogP contribution in [0.3, 0.4) is 0 Å². The van der Waals surface area contributed by atoms with Gasteiger partial charge in [-0.15, -0.1) is 0 Å². The van der Waals surface area contributed by atoms with Crippen LogP contribution in [0, 0.1) is 6.92 Å². The van der Waals surface area contributed by atoms with E-state index >= 15 is 0 Å². The van der Waals surface area contributed by atoms with Crippen molar-refractivity contribution in [1.82, 2.24) is 9.47 Å². The van der Waals surface area contributed by atoms with Crippen LogP contribution in [0.5, 0.6) is 0 Å². The minimum Gasteiger partial charge on any atom is -0.368 e. The van der Waals surface area contributed by atoms with E-state index in [4.69, 9.17) is 0 Å². The van der Waals surface area contributed by atoms with Crippen LogP contribution in [0.25, 0.3) is 5.69 Å². The van der Waals surface area contributed by atoms with Crippen molar-refractivity contribution in [3.8, 4) is 5.69 Å². The fraction of sp³-hybridized carbons (Fsp3) is 0.370. The number of aromatic nitrogens is 1. The highest BCUT2D eigenvalue weighted by molar-refractivity contribution is 5.94. The fourth-order valence-corrected chi connectivity index (χ4v) is 5.13. The summed E-state index contributed by atoms with van der Waals surface area (Å²) in [4.78, 5) is 17.4. The molecule has 0 N–H and O–H groups in total. The molecule has 1 aliphatic heterocycles. The first-order chi connectivity index (χ1) is 15.2. The molecular weight excluding hydrogens is 382 g/mol. The normalized spacial score (nSPS) is 16.7. The number of anilines is 1. The van der Waals surface area contributed by atoms with Gasteiger partial charge in [0.15, 0.2) is 0 Å². The van der Waals surface area contributed by atoms with Crippen LogP contribution in [0.1, 0.15) is 46.6 Å². The van der Waals surface area contributed by atoms with Crippen molar-refractivity contribution in [2.45, 2.75) is 39.0 Å². The highest BCUT2D eigenvalue weighted by Crippen LogP contribution is 2.28. The van der Waals surface area contributed by atoms with Crippen LogP contribution < -0.4 is 4.90 Å². The summed E-state index contributed by atoms with van der Waals surface area (Å²) in [5.41, 5.74) is 7.46. The zero-order valence-corrected chi connectivity index (χ0v) is 18.4. The van der Waals surface area contributed by atoms with Crippen LogP contribution >= 0.6 is 0 Å². The number of para-hydroxylation sites is 1. The molecule has 1 amide bonds. The van der Waals surface area contributed by atoms with Crippen LogP contribution in [0.4, 0.5) is 5.69 Å². The lowest BCUT2D eigenvalue weighted by Crippen LogP contribution is -2.48. The molecule has 31 heavy (non-hydrogen) atoms. The molecule has 3 aromatic rings. The van der Waals surface area contributed by atoms with Crippen molar-refractivity contribution in [3.63, 3.8) is 0 Å². The van der Waals surface area contributed by atoms with Gasteiger partial charge in [0.2, 0.25) is 0 Å². The molecule has 0 unspecified atom stereocenters. The highest BCUT2D eigenvalue weighted by atomic mass is 16.2. The Morgan fingerprint density at radius 3 is 2.23 bits per heavy atom. The van der Waals surface area contributed by atoms with Crippen molar-refractivity contribution >= 4 is 11.6 Å². The zero-order valence-electron chi connectivity index (χ0n) is 18.4. The second kappa shape index (κ2) is 8.62. The smallest absolute Gasteiger partial charge is 0.253 e. The third-order valence-corrected chi connectivity index (χ3v) is 6.80. The first-order valence-corrected chi connectivity index (χ1v) is 11.6. The molecule has 5 rings (SSSR count). The fourth-order valence-electron chi connectivity index (χ4n) is 5.13. The molecule has 160 valence electrons. The number of amides is 1. The first kappa shape index (κ1) is 19.9. The standard InChI is InChI=1S/C27H31N3O/c1-21-20-23-8-4-2-7-11-26(23)30(21)25-14-12-22(13-15-25)27(31)29-18-16-28(17-19-29)24-9-5-3-6-10-24/h3,5-6,9-10,12-15,20H,2,4,7-8,11,16-19H2,1H3. The van der Waals surface area contributed by atoms with Gasteiger partial charge < -0.3 is 14.4 Å². The van der Waals surface area contributed by atoms with Gasteiger partial charge in [0.1, 0.15) is 0 Å². The van der Waals surface area contributed by atoms with Crippen molar-refractivity contribution in [2.24, 2.45) is 0 Å². The lowest BCUT2D eigenvalue weighted by molar-refractivity contribution is 0.0747. The van der Waals surface area contributed by atoms with E-state index in [1.165, 1.54) is 54.0 Å². The van der Waals surface area contributed by atoms with Crippen LogP contribution in [0.15, 0.2) is 60.7 Å². The van der Waals surface area contributed by atoms with E-state index < -0.39 is 0 Å². The Bertz CT molecular complexity index is 1040. The third kappa shape index (κ3) is 3.99. The molecule has 1 aliphatic carbocycles. The number of aryl methyl sites for hydroxylation is 2. The number of nitrogens with zero attached hydrogens (tertiary/aromatic N) is 3. The number of hydrogen-bond donors (Lipinski definition) is 0. The van der Waals surface area contributed by atoms with E-state index in [0.717, 1.165) is 38.2 Å². The highest BCUT2D eigenvalue weighted by Gasteiger charge is 2.23. The molecule has 2 aromatic carbocycles. The molecule has 4 nitrogen and oxygen atoms in total. The van der Waals surface area contributed by atoms with Crippen LogP contribution in [-0.4, -0.2) is 41.6 Å². The summed E-state index contributed by atoms with van der Waals surface area (Å²) >= 11 is 0. The summed E-state index contributed by atoms with van der Waals surface area (Å²) in [6, 6.07) is 21.1. The maximum absolute atomic E-state index is 13.1. The molecule has 2 heterocycles. The average molecular weight is 414 g/mol. The van der Waals surface area contributed by atoms with Crippen molar-refractivity contribution in [3.05, 3.63) is 83.2 Å². The van der Waals surface area contributed by atoms with Gasteiger partial charge in [-0.25, -0.2) is 0 Å². The van der Waals surface area contributed by atoms with Crippen LogP contribution in [0.2, 0.25) is 0 Å². The largest absolute Gasteiger partial charge is 0.368 e. The Hall–Kier alpha value is -3.01. The predicted octanol–water partition coefficient (Wildman–Crippen LogP) is 5.02. The third-order valence-electron chi connectivity index (χ3n) is 6.80. The van der Waals surface area contributed by atoms with E-state index in [-0.39, 0.29) is 5.91 Å². The molecule has 0 bridgehead atoms. The molecule has 0 spiro atoms. The molecule has 4 heteroatoms. The molecule has 0 radical (unpaired) electrons. The van der Waals surface area contributed by atoms with Gasteiger partial charge in [-0.3, -0.25) is 4.79 Å². The average Bonchev–Trinajstić information content (AvgIpc) is 2.97. The summed E-state index contributed by atoms with van der Waals surface area (Å²) in [6.45, 7) is 5.48. The number of benzene rings is 2. The molecule has 2 aliphatic rings. The molecule has 1 saturated heterocycles. The molecule has 0 atom stereocenters. The zero-order chi connectivity index (χ0) is 21.2. The number of carbonyl (C=O) groups excluding carboxylic acids is 1. The van der Waals surface area contributed by atoms with E-state index in [1.54, 1.807) is 0 Å². The second-order valence-electron chi connectivity index (χ2n) is 8.82. The lowest BCUT2D eigenvalue weighted by atomic mass is 10.1. The number of piperazine rings is 1. The number of carbonyl (C=O) groups is 1. The molecular formula is C27H31N3O.